The third-order valence-corrected chi connectivity index (χ3v) is 3.22. The van der Waals surface area contributed by atoms with Crippen LogP contribution < -0.4 is 0 Å². The second-order valence-electron chi connectivity index (χ2n) is 3.54. The molecule has 0 bridgehead atoms. The van der Waals surface area contributed by atoms with Gasteiger partial charge < -0.3 is 0 Å². The minimum absolute atomic E-state index is 0.280. The summed E-state index contributed by atoms with van der Waals surface area (Å²) in [4.78, 5) is 0. The maximum Gasteiger partial charge on any atom is 0.302 e. The fraction of sp³-hybridized carbons (Fsp3) is 1.00. The van der Waals surface area contributed by atoms with Gasteiger partial charge in [-0.15, -0.1) is 3.89 Å². The van der Waals surface area contributed by atoms with Gasteiger partial charge in [0, 0.05) is 0 Å². The summed E-state index contributed by atoms with van der Waals surface area (Å²) in [6.45, 7) is 0. The van der Waals surface area contributed by atoms with Crippen LogP contribution in [0.2, 0.25) is 0 Å². The molecule has 0 saturated heterocycles. The van der Waals surface area contributed by atoms with E-state index in [0.29, 0.717) is 12.3 Å². The highest BCUT2D eigenvalue weighted by atomic mass is 32.3. The molecule has 12 heavy (non-hydrogen) atoms. The van der Waals surface area contributed by atoms with Crippen molar-refractivity contribution in [1.82, 2.24) is 0 Å². The van der Waals surface area contributed by atoms with E-state index in [1.54, 1.807) is 0 Å². The Bertz CT molecular complexity index is 217. The van der Waals surface area contributed by atoms with Crippen LogP contribution in [0.4, 0.5) is 3.89 Å². The van der Waals surface area contributed by atoms with Crippen LogP contribution in [0.1, 0.15) is 38.5 Å². The zero-order chi connectivity index (χ0) is 9.03. The SMILES string of the molecule is O=S(=O)(F)CCC1CCCCC1. The Morgan fingerprint density at radius 3 is 2.25 bits per heavy atom. The first-order valence-corrected chi connectivity index (χ1v) is 6.05. The van der Waals surface area contributed by atoms with Crippen LogP contribution in [0.3, 0.4) is 0 Å². The van der Waals surface area contributed by atoms with Crippen LogP contribution in [-0.4, -0.2) is 14.2 Å². The molecule has 0 spiro atoms. The normalized spacial score (nSPS) is 21.1. The molecule has 0 aromatic heterocycles. The summed E-state index contributed by atoms with van der Waals surface area (Å²) in [5, 5.41) is 0. The molecule has 1 aliphatic rings. The Labute approximate surface area is 73.4 Å². The second-order valence-corrected chi connectivity index (χ2v) is 5.02. The van der Waals surface area contributed by atoms with Gasteiger partial charge in [-0.1, -0.05) is 32.1 Å². The number of halogens is 1. The lowest BCUT2D eigenvalue weighted by Crippen LogP contribution is -2.10. The van der Waals surface area contributed by atoms with Crippen molar-refractivity contribution in [2.24, 2.45) is 5.92 Å². The lowest BCUT2D eigenvalue weighted by Gasteiger charge is -2.20. The number of rotatable bonds is 3. The molecule has 72 valence electrons. The van der Waals surface area contributed by atoms with E-state index >= 15 is 0 Å². The third-order valence-electron chi connectivity index (χ3n) is 2.49. The minimum atomic E-state index is -4.22. The summed E-state index contributed by atoms with van der Waals surface area (Å²) in [6, 6.07) is 0. The molecule has 0 unspecified atom stereocenters. The average molecular weight is 194 g/mol. The molecule has 2 nitrogen and oxygen atoms in total. The van der Waals surface area contributed by atoms with Crippen molar-refractivity contribution in [3.63, 3.8) is 0 Å². The van der Waals surface area contributed by atoms with E-state index in [1.807, 2.05) is 0 Å². The van der Waals surface area contributed by atoms with Crippen LogP contribution >= 0.6 is 0 Å². The summed E-state index contributed by atoms with van der Waals surface area (Å²) in [6.07, 6.45) is 6.27. The van der Waals surface area contributed by atoms with Crippen LogP contribution in [0.15, 0.2) is 0 Å². The molecule has 0 N–H and O–H groups in total. The largest absolute Gasteiger partial charge is 0.302 e. The van der Waals surface area contributed by atoms with Gasteiger partial charge in [-0.05, 0) is 12.3 Å². The molecule has 1 aliphatic carbocycles. The van der Waals surface area contributed by atoms with E-state index in [9.17, 15) is 12.3 Å². The van der Waals surface area contributed by atoms with Gasteiger partial charge in [0.1, 0.15) is 0 Å². The van der Waals surface area contributed by atoms with E-state index in [1.165, 1.54) is 19.3 Å². The molecule has 0 atom stereocenters. The van der Waals surface area contributed by atoms with E-state index in [2.05, 4.69) is 0 Å². The molecule has 1 saturated carbocycles. The predicted octanol–water partition coefficient (Wildman–Crippen LogP) is 2.26. The summed E-state index contributed by atoms with van der Waals surface area (Å²) < 4.78 is 32.5. The van der Waals surface area contributed by atoms with Crippen LogP contribution in [0.25, 0.3) is 0 Å². The summed E-state index contributed by atoms with van der Waals surface area (Å²) in [5.41, 5.74) is 0. The number of hydrogen-bond acceptors (Lipinski definition) is 2. The fourth-order valence-corrected chi connectivity index (χ4v) is 2.40. The Kier molecular flexibility index (Phi) is 3.50. The molecular weight excluding hydrogens is 179 g/mol. The standard InChI is InChI=1S/C8H15FO2S/c9-12(10,11)7-6-8-4-2-1-3-5-8/h8H,1-7H2. The zero-order valence-electron chi connectivity index (χ0n) is 7.13. The fourth-order valence-electron chi connectivity index (χ4n) is 1.78. The lowest BCUT2D eigenvalue weighted by atomic mass is 9.88. The van der Waals surface area contributed by atoms with Gasteiger partial charge in [-0.25, -0.2) is 0 Å². The maximum atomic E-state index is 12.1. The monoisotopic (exact) mass is 194 g/mol. The van der Waals surface area contributed by atoms with Gasteiger partial charge in [-0.2, -0.15) is 8.42 Å². The molecule has 0 aromatic carbocycles. The van der Waals surface area contributed by atoms with Crippen molar-refractivity contribution in [3.8, 4) is 0 Å². The lowest BCUT2D eigenvalue weighted by molar-refractivity contribution is 0.348. The predicted molar refractivity (Wildman–Crippen MR) is 46.1 cm³/mol. The highest BCUT2D eigenvalue weighted by Gasteiger charge is 2.16. The first kappa shape index (κ1) is 9.96. The molecule has 0 radical (unpaired) electrons. The van der Waals surface area contributed by atoms with Gasteiger partial charge in [-0.3, -0.25) is 0 Å². The van der Waals surface area contributed by atoms with Crippen molar-refractivity contribution >= 4 is 10.2 Å². The highest BCUT2D eigenvalue weighted by molar-refractivity contribution is 7.86. The Balaban J connectivity index is 2.22. The number of hydrogen-bond donors (Lipinski definition) is 0. The van der Waals surface area contributed by atoms with Crippen LogP contribution in [0.5, 0.6) is 0 Å². The van der Waals surface area contributed by atoms with Gasteiger partial charge in [0.2, 0.25) is 0 Å². The Morgan fingerprint density at radius 2 is 1.75 bits per heavy atom. The Morgan fingerprint density at radius 1 is 1.17 bits per heavy atom. The summed E-state index contributed by atoms with van der Waals surface area (Å²) in [7, 11) is -4.22. The molecule has 0 heterocycles. The summed E-state index contributed by atoms with van der Waals surface area (Å²) in [5.74, 6) is 0.168. The zero-order valence-corrected chi connectivity index (χ0v) is 7.95. The van der Waals surface area contributed by atoms with Gasteiger partial charge in [0.15, 0.2) is 0 Å². The smallest absolute Gasteiger partial charge is 0.195 e. The second kappa shape index (κ2) is 4.21. The molecule has 4 heteroatoms. The van der Waals surface area contributed by atoms with E-state index in [-0.39, 0.29) is 5.75 Å². The topological polar surface area (TPSA) is 34.1 Å². The molecule has 0 aliphatic heterocycles. The van der Waals surface area contributed by atoms with Gasteiger partial charge in [0.05, 0.1) is 5.75 Å². The van der Waals surface area contributed by atoms with Gasteiger partial charge >= 0.3 is 10.2 Å². The third kappa shape index (κ3) is 4.04. The molecule has 1 fully saturated rings. The molecule has 0 amide bonds. The van der Waals surface area contributed by atoms with E-state index < -0.39 is 10.2 Å². The van der Waals surface area contributed by atoms with Crippen LogP contribution in [0, 0.1) is 5.92 Å². The molecule has 1 rings (SSSR count). The van der Waals surface area contributed by atoms with E-state index in [0.717, 1.165) is 12.8 Å². The highest BCUT2D eigenvalue weighted by Crippen LogP contribution is 2.26. The van der Waals surface area contributed by atoms with E-state index in [4.69, 9.17) is 0 Å². The molecule has 0 aromatic rings. The first-order valence-electron chi connectivity index (χ1n) is 4.50. The van der Waals surface area contributed by atoms with Crippen LogP contribution in [-0.2, 0) is 10.2 Å². The first-order chi connectivity index (χ1) is 5.58. The van der Waals surface area contributed by atoms with Crippen molar-refractivity contribution < 1.29 is 12.3 Å². The maximum absolute atomic E-state index is 12.1. The Hall–Kier alpha value is -0.120. The minimum Gasteiger partial charge on any atom is -0.195 e. The van der Waals surface area contributed by atoms with Crippen molar-refractivity contribution in [2.45, 2.75) is 38.5 Å². The van der Waals surface area contributed by atoms with Crippen molar-refractivity contribution in [1.29, 1.82) is 0 Å². The van der Waals surface area contributed by atoms with Crippen molar-refractivity contribution in [2.75, 3.05) is 5.75 Å². The molecular formula is C8H15FO2S. The quantitative estimate of drug-likeness (QED) is 0.646. The van der Waals surface area contributed by atoms with Crippen molar-refractivity contribution in [3.05, 3.63) is 0 Å². The average Bonchev–Trinajstić information content (AvgIpc) is 2.02. The summed E-state index contributed by atoms with van der Waals surface area (Å²) >= 11 is 0. The van der Waals surface area contributed by atoms with Gasteiger partial charge in [0.25, 0.3) is 0 Å².